The molecule has 1 aliphatic carbocycles. The minimum absolute atomic E-state index is 0.0171. The highest BCUT2D eigenvalue weighted by molar-refractivity contribution is 7.12. The molecule has 13 heavy (non-hydrogen) atoms. The summed E-state index contributed by atoms with van der Waals surface area (Å²) in [6.07, 6.45) is 5.07. The molecule has 1 aromatic heterocycles. The van der Waals surface area contributed by atoms with Crippen LogP contribution in [-0.2, 0) is 6.61 Å². The summed E-state index contributed by atoms with van der Waals surface area (Å²) in [6, 6.07) is 0. The van der Waals surface area contributed by atoms with Gasteiger partial charge >= 0.3 is 0 Å². The third-order valence-electron chi connectivity index (χ3n) is 2.51. The lowest BCUT2D eigenvalue weighted by molar-refractivity contribution is 0.285. The minimum Gasteiger partial charge on any atom is -0.391 e. The first-order chi connectivity index (χ1) is 6.31. The van der Waals surface area contributed by atoms with Crippen molar-refractivity contribution in [1.82, 2.24) is 4.98 Å². The number of aliphatic hydroxyl groups is 1. The van der Waals surface area contributed by atoms with Crippen molar-refractivity contribution in [3.05, 3.63) is 15.0 Å². The third kappa shape index (κ3) is 1.87. The minimum atomic E-state index is 0.0171. The first kappa shape index (κ1) is 9.44. The molecule has 0 unspecified atom stereocenters. The summed E-state index contributed by atoms with van der Waals surface area (Å²) in [7, 11) is 0. The van der Waals surface area contributed by atoms with Gasteiger partial charge in [-0.15, -0.1) is 11.3 Å². The number of aliphatic hydroxyl groups excluding tert-OH is 1. The Morgan fingerprint density at radius 2 is 2.15 bits per heavy atom. The van der Waals surface area contributed by atoms with E-state index in [2.05, 4.69) is 4.98 Å². The van der Waals surface area contributed by atoms with E-state index in [9.17, 15) is 0 Å². The van der Waals surface area contributed by atoms with Gasteiger partial charge in [0.25, 0.3) is 0 Å². The van der Waals surface area contributed by atoms with Gasteiger partial charge in [-0.25, -0.2) is 4.98 Å². The maximum absolute atomic E-state index is 8.96. The van der Waals surface area contributed by atoms with Gasteiger partial charge in [0.05, 0.1) is 16.5 Å². The van der Waals surface area contributed by atoms with Gasteiger partial charge in [0, 0.05) is 5.92 Å². The highest BCUT2D eigenvalue weighted by Crippen LogP contribution is 2.38. The molecule has 1 fully saturated rings. The first-order valence-corrected chi connectivity index (χ1v) is 5.76. The van der Waals surface area contributed by atoms with Crippen LogP contribution in [0.1, 0.15) is 41.5 Å². The van der Waals surface area contributed by atoms with Crippen LogP contribution in [0.3, 0.4) is 0 Å². The van der Waals surface area contributed by atoms with Gasteiger partial charge < -0.3 is 5.11 Å². The number of rotatable bonds is 2. The lowest BCUT2D eigenvalue weighted by Gasteiger charge is -2.01. The highest BCUT2D eigenvalue weighted by Gasteiger charge is 2.21. The van der Waals surface area contributed by atoms with E-state index in [-0.39, 0.29) is 6.61 Å². The molecule has 0 saturated heterocycles. The molecule has 4 heteroatoms. The second-order valence-corrected chi connectivity index (χ2v) is 4.88. The molecule has 0 atom stereocenters. The number of thiazole rings is 1. The van der Waals surface area contributed by atoms with Gasteiger partial charge in [0.2, 0.25) is 0 Å². The van der Waals surface area contributed by atoms with Crippen molar-refractivity contribution in [2.24, 2.45) is 0 Å². The molecule has 1 heterocycles. The summed E-state index contributed by atoms with van der Waals surface area (Å²) >= 11 is 7.43. The van der Waals surface area contributed by atoms with E-state index < -0.39 is 0 Å². The fraction of sp³-hybridized carbons (Fsp3) is 0.667. The predicted octanol–water partition coefficient (Wildman–Crippen LogP) is 2.95. The van der Waals surface area contributed by atoms with E-state index in [4.69, 9.17) is 16.7 Å². The molecule has 1 aromatic rings. The molecule has 0 amide bonds. The molecule has 0 radical (unpaired) electrons. The van der Waals surface area contributed by atoms with Gasteiger partial charge in [-0.05, 0) is 12.8 Å². The van der Waals surface area contributed by atoms with Crippen molar-refractivity contribution in [3.63, 3.8) is 0 Å². The molecule has 0 aromatic carbocycles. The van der Waals surface area contributed by atoms with Crippen molar-refractivity contribution >= 4 is 22.9 Å². The SMILES string of the molecule is OCc1sc(C2CCCC2)nc1Cl. The van der Waals surface area contributed by atoms with Crippen LogP contribution in [0, 0.1) is 0 Å². The molecule has 1 aliphatic rings. The van der Waals surface area contributed by atoms with Crippen LogP contribution in [0.5, 0.6) is 0 Å². The molecule has 0 spiro atoms. The van der Waals surface area contributed by atoms with Crippen LogP contribution in [0.15, 0.2) is 0 Å². The van der Waals surface area contributed by atoms with Crippen LogP contribution in [-0.4, -0.2) is 10.1 Å². The summed E-state index contributed by atoms with van der Waals surface area (Å²) in [5.41, 5.74) is 0. The molecular formula is C9H12ClNOS. The van der Waals surface area contributed by atoms with Crippen LogP contribution >= 0.6 is 22.9 Å². The largest absolute Gasteiger partial charge is 0.391 e. The number of aromatic nitrogens is 1. The Morgan fingerprint density at radius 3 is 2.69 bits per heavy atom. The second kappa shape index (κ2) is 3.95. The molecule has 0 aliphatic heterocycles. The molecule has 0 bridgehead atoms. The van der Waals surface area contributed by atoms with E-state index in [0.29, 0.717) is 11.1 Å². The Balaban J connectivity index is 2.20. The van der Waals surface area contributed by atoms with Crippen molar-refractivity contribution in [1.29, 1.82) is 0 Å². The van der Waals surface area contributed by atoms with Gasteiger partial charge in [-0.3, -0.25) is 0 Å². The topological polar surface area (TPSA) is 33.1 Å². The molecule has 72 valence electrons. The summed E-state index contributed by atoms with van der Waals surface area (Å²) in [6.45, 7) is 0.0171. The number of hydrogen-bond donors (Lipinski definition) is 1. The van der Waals surface area contributed by atoms with E-state index in [1.54, 1.807) is 11.3 Å². The van der Waals surface area contributed by atoms with E-state index in [1.165, 1.54) is 25.7 Å². The van der Waals surface area contributed by atoms with E-state index in [0.717, 1.165) is 9.88 Å². The smallest absolute Gasteiger partial charge is 0.145 e. The van der Waals surface area contributed by atoms with Crippen LogP contribution in [0.2, 0.25) is 5.15 Å². The van der Waals surface area contributed by atoms with Crippen molar-refractivity contribution in [2.45, 2.75) is 38.2 Å². The van der Waals surface area contributed by atoms with Gasteiger partial charge in [-0.1, -0.05) is 24.4 Å². The lowest BCUT2D eigenvalue weighted by atomic mass is 10.1. The van der Waals surface area contributed by atoms with E-state index in [1.807, 2.05) is 0 Å². The lowest BCUT2D eigenvalue weighted by Crippen LogP contribution is -1.89. The molecule has 2 rings (SSSR count). The maximum Gasteiger partial charge on any atom is 0.145 e. The summed E-state index contributed by atoms with van der Waals surface area (Å²) in [5, 5.41) is 10.6. The van der Waals surface area contributed by atoms with E-state index >= 15 is 0 Å². The number of nitrogens with zero attached hydrogens (tertiary/aromatic N) is 1. The van der Waals surface area contributed by atoms with Crippen molar-refractivity contribution in [3.8, 4) is 0 Å². The van der Waals surface area contributed by atoms with Crippen molar-refractivity contribution < 1.29 is 5.11 Å². The highest BCUT2D eigenvalue weighted by atomic mass is 35.5. The Labute approximate surface area is 86.6 Å². The second-order valence-electron chi connectivity index (χ2n) is 3.41. The first-order valence-electron chi connectivity index (χ1n) is 4.57. The monoisotopic (exact) mass is 217 g/mol. The standard InChI is InChI=1S/C9H12ClNOS/c10-8-7(5-12)13-9(11-8)6-3-1-2-4-6/h6,12H,1-5H2. The summed E-state index contributed by atoms with van der Waals surface area (Å²) in [5.74, 6) is 0.600. The zero-order valence-corrected chi connectivity index (χ0v) is 8.87. The fourth-order valence-corrected chi connectivity index (χ4v) is 3.10. The molecule has 1 N–H and O–H groups in total. The average Bonchev–Trinajstić information content (AvgIpc) is 2.71. The quantitative estimate of drug-likeness (QED) is 0.827. The van der Waals surface area contributed by atoms with Crippen LogP contribution < -0.4 is 0 Å². The zero-order valence-electron chi connectivity index (χ0n) is 7.29. The van der Waals surface area contributed by atoms with Gasteiger partial charge in [0.1, 0.15) is 5.15 Å². The fourth-order valence-electron chi connectivity index (χ4n) is 1.80. The molecular weight excluding hydrogens is 206 g/mol. The number of halogens is 1. The molecule has 1 saturated carbocycles. The Bertz CT molecular complexity index is 294. The normalized spacial score (nSPS) is 18.3. The Kier molecular flexibility index (Phi) is 2.86. The Morgan fingerprint density at radius 1 is 1.46 bits per heavy atom. The Hall–Kier alpha value is -0.120. The average molecular weight is 218 g/mol. The molecule has 2 nitrogen and oxygen atoms in total. The zero-order chi connectivity index (χ0) is 9.26. The van der Waals surface area contributed by atoms with Gasteiger partial charge in [-0.2, -0.15) is 0 Å². The maximum atomic E-state index is 8.96. The van der Waals surface area contributed by atoms with Crippen LogP contribution in [0.4, 0.5) is 0 Å². The number of hydrogen-bond acceptors (Lipinski definition) is 3. The van der Waals surface area contributed by atoms with Crippen LogP contribution in [0.25, 0.3) is 0 Å². The summed E-state index contributed by atoms with van der Waals surface area (Å²) in [4.78, 5) is 5.10. The van der Waals surface area contributed by atoms with Crippen molar-refractivity contribution in [2.75, 3.05) is 0 Å². The predicted molar refractivity (Wildman–Crippen MR) is 54.3 cm³/mol. The third-order valence-corrected chi connectivity index (χ3v) is 4.14. The van der Waals surface area contributed by atoms with Gasteiger partial charge in [0.15, 0.2) is 0 Å². The summed E-state index contributed by atoms with van der Waals surface area (Å²) < 4.78 is 0.